The van der Waals surface area contributed by atoms with Crippen molar-refractivity contribution < 1.29 is 24.2 Å². The fraction of sp³-hybridized carbons (Fsp3) is 0.250. The second kappa shape index (κ2) is 9.38. The van der Waals surface area contributed by atoms with Crippen LogP contribution in [0.4, 0.5) is 0 Å². The van der Waals surface area contributed by atoms with Crippen molar-refractivity contribution >= 4 is 17.8 Å². The molecule has 0 aliphatic heterocycles. The third kappa shape index (κ3) is 6.14. The van der Waals surface area contributed by atoms with Crippen LogP contribution in [0.15, 0.2) is 48.5 Å². The molecule has 2 N–H and O–H groups in total. The van der Waals surface area contributed by atoms with Crippen LogP contribution in [0.3, 0.4) is 0 Å². The number of benzene rings is 2. The summed E-state index contributed by atoms with van der Waals surface area (Å²) >= 11 is 0. The summed E-state index contributed by atoms with van der Waals surface area (Å²) in [6.45, 7) is 0.0464. The molecule has 2 aromatic carbocycles. The molecule has 0 bridgehead atoms. The minimum absolute atomic E-state index is 0.158. The van der Waals surface area contributed by atoms with Gasteiger partial charge in [-0.05, 0) is 42.3 Å². The van der Waals surface area contributed by atoms with E-state index in [9.17, 15) is 14.4 Å². The number of carboxylic acids is 1. The molecule has 0 atom stereocenters. The average Bonchev–Trinajstić information content (AvgIpc) is 2.66. The van der Waals surface area contributed by atoms with Gasteiger partial charge in [0.1, 0.15) is 5.75 Å². The maximum absolute atomic E-state index is 12.3. The largest absolute Gasteiger partial charge is 0.482 e. The molecule has 2 rings (SSSR count). The molecular formula is C20H22N2O5. The van der Waals surface area contributed by atoms with Crippen molar-refractivity contribution in [2.75, 3.05) is 27.2 Å². The van der Waals surface area contributed by atoms with E-state index in [1.165, 1.54) is 4.90 Å². The van der Waals surface area contributed by atoms with E-state index in [1.54, 1.807) is 50.5 Å². The lowest BCUT2D eigenvalue weighted by atomic mass is 10.1. The molecule has 0 unspecified atom stereocenters. The molecule has 0 radical (unpaired) electrons. The highest BCUT2D eigenvalue weighted by molar-refractivity contribution is 5.99. The van der Waals surface area contributed by atoms with Gasteiger partial charge in [-0.1, -0.05) is 18.2 Å². The lowest BCUT2D eigenvalue weighted by molar-refractivity contribution is -0.139. The molecule has 7 heteroatoms. The zero-order valence-corrected chi connectivity index (χ0v) is 15.3. The Kier molecular flexibility index (Phi) is 6.93. The van der Waals surface area contributed by atoms with Crippen LogP contribution in [-0.4, -0.2) is 55.0 Å². The van der Waals surface area contributed by atoms with Gasteiger partial charge in [-0.15, -0.1) is 0 Å². The lowest BCUT2D eigenvalue weighted by Gasteiger charge is -2.11. The summed E-state index contributed by atoms with van der Waals surface area (Å²) in [5, 5.41) is 11.4. The van der Waals surface area contributed by atoms with Crippen molar-refractivity contribution in [3.05, 3.63) is 65.2 Å². The first kappa shape index (κ1) is 20.0. The van der Waals surface area contributed by atoms with Gasteiger partial charge >= 0.3 is 5.97 Å². The van der Waals surface area contributed by atoms with Gasteiger partial charge in [0.2, 0.25) is 0 Å². The highest BCUT2D eigenvalue weighted by Crippen LogP contribution is 2.12. The first-order valence-corrected chi connectivity index (χ1v) is 8.40. The number of carboxylic acid groups (broad SMARTS) is 1. The van der Waals surface area contributed by atoms with Crippen LogP contribution in [0.1, 0.15) is 26.3 Å². The van der Waals surface area contributed by atoms with E-state index in [1.807, 2.05) is 12.1 Å². The van der Waals surface area contributed by atoms with Crippen LogP contribution in [0.5, 0.6) is 5.75 Å². The Morgan fingerprint density at radius 2 is 1.70 bits per heavy atom. The molecule has 0 aromatic heterocycles. The quantitative estimate of drug-likeness (QED) is 0.739. The van der Waals surface area contributed by atoms with E-state index in [2.05, 4.69) is 5.32 Å². The van der Waals surface area contributed by atoms with Gasteiger partial charge in [-0.25, -0.2) is 4.79 Å². The highest BCUT2D eigenvalue weighted by Gasteiger charge is 2.11. The van der Waals surface area contributed by atoms with Crippen LogP contribution in [0, 0.1) is 0 Å². The summed E-state index contributed by atoms with van der Waals surface area (Å²) in [5.41, 5.74) is 1.87. The standard InChI is InChI=1S/C20H22N2O5/c1-22(2)20(26)16-5-3-4-15(12-16)19(25)21-11-10-14-6-8-17(9-7-14)27-13-18(23)24/h3-9,12H,10-11,13H2,1-2H3,(H,21,25)(H,23,24). The number of aliphatic carboxylic acids is 1. The van der Waals surface area contributed by atoms with Crippen LogP contribution >= 0.6 is 0 Å². The molecule has 0 aliphatic carbocycles. The van der Waals surface area contributed by atoms with E-state index >= 15 is 0 Å². The number of hydrogen-bond acceptors (Lipinski definition) is 4. The number of rotatable bonds is 8. The Morgan fingerprint density at radius 3 is 2.33 bits per heavy atom. The van der Waals surface area contributed by atoms with Crippen molar-refractivity contribution in [2.45, 2.75) is 6.42 Å². The van der Waals surface area contributed by atoms with Gasteiger partial charge in [0.25, 0.3) is 11.8 Å². The SMILES string of the molecule is CN(C)C(=O)c1cccc(C(=O)NCCc2ccc(OCC(=O)O)cc2)c1. The molecule has 0 saturated carbocycles. The fourth-order valence-corrected chi connectivity index (χ4v) is 2.37. The van der Waals surface area contributed by atoms with Crippen molar-refractivity contribution in [1.82, 2.24) is 10.2 Å². The van der Waals surface area contributed by atoms with E-state index in [0.29, 0.717) is 29.8 Å². The topological polar surface area (TPSA) is 95.9 Å². The fourth-order valence-electron chi connectivity index (χ4n) is 2.37. The van der Waals surface area contributed by atoms with Crippen molar-refractivity contribution in [2.24, 2.45) is 0 Å². The minimum Gasteiger partial charge on any atom is -0.482 e. The molecule has 0 spiro atoms. The Hall–Kier alpha value is -3.35. The van der Waals surface area contributed by atoms with Crippen LogP contribution in [0.2, 0.25) is 0 Å². The van der Waals surface area contributed by atoms with Crippen molar-refractivity contribution in [1.29, 1.82) is 0 Å². The number of nitrogens with one attached hydrogen (secondary N) is 1. The first-order chi connectivity index (χ1) is 12.9. The summed E-state index contributed by atoms with van der Waals surface area (Å²) in [6.07, 6.45) is 0.612. The molecule has 0 heterocycles. The molecule has 0 fully saturated rings. The van der Waals surface area contributed by atoms with Gasteiger partial charge in [0.05, 0.1) is 0 Å². The van der Waals surface area contributed by atoms with Crippen LogP contribution < -0.4 is 10.1 Å². The van der Waals surface area contributed by atoms with Crippen molar-refractivity contribution in [3.8, 4) is 5.75 Å². The van der Waals surface area contributed by atoms with E-state index in [4.69, 9.17) is 9.84 Å². The predicted molar refractivity (Wildman–Crippen MR) is 100 cm³/mol. The molecule has 2 aromatic rings. The van der Waals surface area contributed by atoms with Gasteiger partial charge in [0, 0.05) is 31.8 Å². The van der Waals surface area contributed by atoms with Crippen LogP contribution in [-0.2, 0) is 11.2 Å². The third-order valence-corrected chi connectivity index (χ3v) is 3.76. The number of ether oxygens (including phenoxy) is 1. The number of nitrogens with zero attached hydrogens (tertiary/aromatic N) is 1. The predicted octanol–water partition coefficient (Wildman–Crippen LogP) is 1.82. The molecule has 7 nitrogen and oxygen atoms in total. The van der Waals surface area contributed by atoms with E-state index < -0.39 is 5.97 Å². The summed E-state index contributed by atoms with van der Waals surface area (Å²) in [5.74, 6) is -0.953. The maximum Gasteiger partial charge on any atom is 0.341 e. The normalized spacial score (nSPS) is 10.1. The first-order valence-electron chi connectivity index (χ1n) is 8.40. The summed E-state index contributed by atoms with van der Waals surface area (Å²) in [4.78, 5) is 36.2. The number of hydrogen-bond donors (Lipinski definition) is 2. The second-order valence-corrected chi connectivity index (χ2v) is 6.11. The number of carbonyl (C=O) groups excluding carboxylic acids is 2. The zero-order chi connectivity index (χ0) is 19.8. The Morgan fingerprint density at radius 1 is 1.04 bits per heavy atom. The highest BCUT2D eigenvalue weighted by atomic mass is 16.5. The lowest BCUT2D eigenvalue weighted by Crippen LogP contribution is -2.26. The number of amides is 2. The van der Waals surface area contributed by atoms with Gasteiger partial charge < -0.3 is 20.1 Å². The molecule has 27 heavy (non-hydrogen) atoms. The maximum atomic E-state index is 12.3. The van der Waals surface area contributed by atoms with Gasteiger partial charge in [-0.3, -0.25) is 9.59 Å². The smallest absolute Gasteiger partial charge is 0.341 e. The third-order valence-electron chi connectivity index (χ3n) is 3.76. The summed E-state index contributed by atoms with van der Waals surface area (Å²) < 4.78 is 5.07. The van der Waals surface area contributed by atoms with E-state index in [0.717, 1.165) is 5.56 Å². The Bertz CT molecular complexity index is 815. The van der Waals surface area contributed by atoms with E-state index in [-0.39, 0.29) is 18.4 Å². The Labute approximate surface area is 157 Å². The average molecular weight is 370 g/mol. The van der Waals surface area contributed by atoms with Gasteiger partial charge in [0.15, 0.2) is 6.61 Å². The van der Waals surface area contributed by atoms with Gasteiger partial charge in [-0.2, -0.15) is 0 Å². The van der Waals surface area contributed by atoms with Crippen molar-refractivity contribution in [3.63, 3.8) is 0 Å². The monoisotopic (exact) mass is 370 g/mol. The molecule has 0 aliphatic rings. The summed E-state index contributed by atoms with van der Waals surface area (Å²) in [6, 6.07) is 13.6. The minimum atomic E-state index is -1.03. The molecule has 0 saturated heterocycles. The Balaban J connectivity index is 1.86. The second-order valence-electron chi connectivity index (χ2n) is 6.11. The molecule has 2 amide bonds. The number of carbonyl (C=O) groups is 3. The van der Waals surface area contributed by atoms with Crippen LogP contribution in [0.25, 0.3) is 0 Å². The summed E-state index contributed by atoms with van der Waals surface area (Å²) in [7, 11) is 3.32. The zero-order valence-electron chi connectivity index (χ0n) is 15.3. The molecular weight excluding hydrogens is 348 g/mol. The molecule has 142 valence electrons.